The van der Waals surface area contributed by atoms with Gasteiger partial charge in [0.15, 0.2) is 5.69 Å². The van der Waals surface area contributed by atoms with E-state index >= 15 is 0 Å². The summed E-state index contributed by atoms with van der Waals surface area (Å²) in [4.78, 5) is 27.4. The van der Waals surface area contributed by atoms with Crippen molar-refractivity contribution >= 4 is 11.8 Å². The predicted octanol–water partition coefficient (Wildman–Crippen LogP) is 1.64. The molecule has 1 aliphatic carbocycles. The van der Waals surface area contributed by atoms with Gasteiger partial charge in [-0.1, -0.05) is 5.16 Å². The van der Waals surface area contributed by atoms with Gasteiger partial charge in [0.25, 0.3) is 5.91 Å². The molecule has 2 N–H and O–H groups in total. The molecule has 8 heteroatoms. The molecule has 0 unspecified atom stereocenters. The molecule has 3 aliphatic rings. The number of likely N-dealkylation sites (tertiary alicyclic amines) is 1. The molecule has 0 bridgehead atoms. The molecule has 0 aromatic carbocycles. The molecule has 0 spiro atoms. The van der Waals surface area contributed by atoms with E-state index in [1.807, 2.05) is 0 Å². The van der Waals surface area contributed by atoms with E-state index in [1.54, 1.807) is 13.0 Å². The van der Waals surface area contributed by atoms with Gasteiger partial charge < -0.3 is 19.9 Å². The Balaban J connectivity index is 1.29. The number of nitrogens with zero attached hydrogens (tertiary/aromatic N) is 2. The van der Waals surface area contributed by atoms with E-state index in [2.05, 4.69) is 20.7 Å². The Hall–Kier alpha value is -1.93. The molecule has 3 heterocycles. The Morgan fingerprint density at radius 1 is 1.14 bits per heavy atom. The summed E-state index contributed by atoms with van der Waals surface area (Å²) in [5.74, 6) is 1.31. The number of aromatic nitrogens is 1. The molecule has 2 amide bonds. The number of hydrogen-bond donors (Lipinski definition) is 2. The van der Waals surface area contributed by atoms with Crippen molar-refractivity contribution in [3.05, 3.63) is 17.5 Å². The van der Waals surface area contributed by atoms with E-state index in [-0.39, 0.29) is 29.9 Å². The molecule has 1 aromatic rings. The monoisotopic (exact) mass is 404 g/mol. The molecule has 2 aliphatic heterocycles. The van der Waals surface area contributed by atoms with Crippen molar-refractivity contribution < 1.29 is 18.8 Å². The molecule has 160 valence electrons. The normalized spacial score (nSPS) is 25.8. The van der Waals surface area contributed by atoms with Crippen LogP contribution in [-0.2, 0) is 9.53 Å². The Labute approximate surface area is 171 Å². The molecule has 3 fully saturated rings. The summed E-state index contributed by atoms with van der Waals surface area (Å²) >= 11 is 0. The van der Waals surface area contributed by atoms with Gasteiger partial charge in [-0.3, -0.25) is 14.5 Å². The van der Waals surface area contributed by atoms with Gasteiger partial charge >= 0.3 is 0 Å². The van der Waals surface area contributed by atoms with E-state index in [0.29, 0.717) is 24.4 Å². The van der Waals surface area contributed by atoms with Gasteiger partial charge in [-0.05, 0) is 51.4 Å². The second kappa shape index (κ2) is 9.26. The van der Waals surface area contributed by atoms with Crippen molar-refractivity contribution in [3.8, 4) is 0 Å². The third kappa shape index (κ3) is 5.57. The van der Waals surface area contributed by atoms with Gasteiger partial charge in [-0.2, -0.15) is 0 Å². The summed E-state index contributed by atoms with van der Waals surface area (Å²) in [5.41, 5.74) is 0.321. The Morgan fingerprint density at radius 2 is 1.90 bits per heavy atom. The Morgan fingerprint density at radius 3 is 2.59 bits per heavy atom. The maximum absolute atomic E-state index is 12.6. The largest absolute Gasteiger partial charge is 0.381 e. The fourth-order valence-electron chi connectivity index (χ4n) is 4.47. The Kier molecular flexibility index (Phi) is 6.50. The molecule has 8 nitrogen and oxygen atoms in total. The number of aryl methyl sites for hydroxylation is 1. The van der Waals surface area contributed by atoms with Crippen LogP contribution in [0.3, 0.4) is 0 Å². The first-order chi connectivity index (χ1) is 14.1. The van der Waals surface area contributed by atoms with Crippen LogP contribution in [0.25, 0.3) is 0 Å². The van der Waals surface area contributed by atoms with Crippen LogP contribution in [0, 0.1) is 12.8 Å². The number of carbonyl (C=O) groups excluding carboxylic acids is 2. The van der Waals surface area contributed by atoms with Crippen LogP contribution in [0.5, 0.6) is 0 Å². The summed E-state index contributed by atoms with van der Waals surface area (Å²) in [6, 6.07) is 2.42. The lowest BCUT2D eigenvalue weighted by molar-refractivity contribution is -0.123. The van der Waals surface area contributed by atoms with Crippen LogP contribution >= 0.6 is 0 Å². The fraction of sp³-hybridized carbons (Fsp3) is 0.762. The van der Waals surface area contributed by atoms with Gasteiger partial charge in [0.05, 0.1) is 0 Å². The second-order valence-electron chi connectivity index (χ2n) is 8.72. The molecular weight excluding hydrogens is 372 g/mol. The van der Waals surface area contributed by atoms with Crippen molar-refractivity contribution in [2.75, 3.05) is 26.3 Å². The van der Waals surface area contributed by atoms with E-state index in [9.17, 15) is 9.59 Å². The number of nitrogens with one attached hydrogen (secondary N) is 2. The zero-order chi connectivity index (χ0) is 20.2. The topological polar surface area (TPSA) is 96.7 Å². The van der Waals surface area contributed by atoms with Crippen LogP contribution < -0.4 is 10.6 Å². The van der Waals surface area contributed by atoms with Crippen molar-refractivity contribution in [2.45, 2.75) is 70.0 Å². The molecule has 2 atom stereocenters. The minimum atomic E-state index is -0.200. The molecule has 4 rings (SSSR count). The van der Waals surface area contributed by atoms with Crippen molar-refractivity contribution in [1.29, 1.82) is 0 Å². The van der Waals surface area contributed by atoms with Crippen LogP contribution in [0.4, 0.5) is 0 Å². The average molecular weight is 405 g/mol. The molecule has 0 radical (unpaired) electrons. The van der Waals surface area contributed by atoms with E-state index in [0.717, 1.165) is 51.4 Å². The molecule has 1 saturated carbocycles. The Bertz CT molecular complexity index is 711. The fourth-order valence-corrected chi connectivity index (χ4v) is 4.47. The lowest BCUT2D eigenvalue weighted by Gasteiger charge is -2.31. The third-order valence-corrected chi connectivity index (χ3v) is 6.30. The van der Waals surface area contributed by atoms with Crippen molar-refractivity contribution in [1.82, 2.24) is 20.7 Å². The lowest BCUT2D eigenvalue weighted by Crippen LogP contribution is -2.46. The molecular formula is C21H32N4O4. The van der Waals surface area contributed by atoms with Gasteiger partial charge in [0.1, 0.15) is 5.76 Å². The second-order valence-corrected chi connectivity index (χ2v) is 8.72. The van der Waals surface area contributed by atoms with E-state index in [1.165, 1.54) is 12.8 Å². The minimum Gasteiger partial charge on any atom is -0.381 e. The number of hydrogen-bond acceptors (Lipinski definition) is 6. The summed E-state index contributed by atoms with van der Waals surface area (Å²) in [5, 5.41) is 9.98. The average Bonchev–Trinajstić information content (AvgIpc) is 3.31. The summed E-state index contributed by atoms with van der Waals surface area (Å²) in [6.45, 7) is 4.84. The molecule has 1 aromatic heterocycles. The highest BCUT2D eigenvalue weighted by atomic mass is 16.5. The van der Waals surface area contributed by atoms with Gasteiger partial charge in [0, 0.05) is 56.9 Å². The molecule has 29 heavy (non-hydrogen) atoms. The van der Waals surface area contributed by atoms with Crippen LogP contribution in [0.1, 0.15) is 61.2 Å². The van der Waals surface area contributed by atoms with E-state index < -0.39 is 0 Å². The highest BCUT2D eigenvalue weighted by Crippen LogP contribution is 2.35. The molecule has 2 saturated heterocycles. The van der Waals surface area contributed by atoms with Crippen LogP contribution in [-0.4, -0.2) is 66.3 Å². The maximum Gasteiger partial charge on any atom is 0.273 e. The van der Waals surface area contributed by atoms with Crippen molar-refractivity contribution in [3.63, 3.8) is 0 Å². The highest BCUT2D eigenvalue weighted by Gasteiger charge is 2.38. The SMILES string of the molecule is Cc1cc(C(=O)NC[C@@H]2CC[C@H](CC(=O)NC3CCOCC3)N2CC2CC2)no1. The zero-order valence-corrected chi connectivity index (χ0v) is 17.2. The van der Waals surface area contributed by atoms with Gasteiger partial charge in [-0.15, -0.1) is 0 Å². The smallest absolute Gasteiger partial charge is 0.273 e. The summed E-state index contributed by atoms with van der Waals surface area (Å²) in [6.07, 6.45) is 6.88. The summed E-state index contributed by atoms with van der Waals surface area (Å²) in [7, 11) is 0. The highest BCUT2D eigenvalue weighted by molar-refractivity contribution is 5.92. The lowest BCUT2D eigenvalue weighted by atomic mass is 10.1. The predicted molar refractivity (Wildman–Crippen MR) is 106 cm³/mol. The zero-order valence-electron chi connectivity index (χ0n) is 17.2. The first-order valence-corrected chi connectivity index (χ1v) is 10.9. The standard InChI is InChI=1S/C21H32N4O4/c1-14-10-19(24-29-14)21(27)22-12-18-5-4-17(25(18)13-15-2-3-15)11-20(26)23-16-6-8-28-9-7-16/h10,15-18H,2-9,11-13H2,1H3,(H,22,27)(H,23,26)/t17-,18+/m1/s1. The quantitative estimate of drug-likeness (QED) is 0.684. The van der Waals surface area contributed by atoms with Crippen LogP contribution in [0.15, 0.2) is 10.6 Å². The summed E-state index contributed by atoms with van der Waals surface area (Å²) < 4.78 is 10.4. The third-order valence-electron chi connectivity index (χ3n) is 6.30. The number of ether oxygens (including phenoxy) is 1. The van der Waals surface area contributed by atoms with Crippen molar-refractivity contribution in [2.24, 2.45) is 5.92 Å². The number of carbonyl (C=O) groups is 2. The first-order valence-electron chi connectivity index (χ1n) is 10.9. The van der Waals surface area contributed by atoms with Gasteiger partial charge in [0.2, 0.25) is 5.91 Å². The van der Waals surface area contributed by atoms with Crippen LogP contribution in [0.2, 0.25) is 0 Å². The minimum absolute atomic E-state index is 0.144. The number of rotatable bonds is 8. The number of amides is 2. The first kappa shape index (κ1) is 20.3. The maximum atomic E-state index is 12.6. The van der Waals surface area contributed by atoms with E-state index in [4.69, 9.17) is 9.26 Å². The van der Waals surface area contributed by atoms with Gasteiger partial charge in [-0.25, -0.2) is 0 Å².